The van der Waals surface area contributed by atoms with Gasteiger partial charge in [-0.1, -0.05) is 17.8 Å². The summed E-state index contributed by atoms with van der Waals surface area (Å²) in [5.74, 6) is -0.389. The van der Waals surface area contributed by atoms with E-state index in [1.54, 1.807) is 11.6 Å². The van der Waals surface area contributed by atoms with E-state index in [-0.39, 0.29) is 11.2 Å². The van der Waals surface area contributed by atoms with Crippen molar-refractivity contribution < 1.29 is 4.79 Å². The van der Waals surface area contributed by atoms with Crippen LogP contribution in [0.15, 0.2) is 23.4 Å². The molecule has 0 fully saturated rings. The molecule has 1 amide bonds. The van der Waals surface area contributed by atoms with Crippen molar-refractivity contribution in [3.8, 4) is 5.69 Å². The Kier molecular flexibility index (Phi) is 3.84. The lowest BCUT2D eigenvalue weighted by Crippen LogP contribution is -2.23. The summed E-state index contributed by atoms with van der Waals surface area (Å²) in [7, 11) is 0. The summed E-state index contributed by atoms with van der Waals surface area (Å²) >= 11 is 1.24. The second-order valence-electron chi connectivity index (χ2n) is 4.30. The SMILES string of the molecule is Cc1ccc(-n2nnnc2S[C@@H](C)C(N)=O)cc1C. The van der Waals surface area contributed by atoms with Crippen LogP contribution in [0, 0.1) is 13.8 Å². The van der Waals surface area contributed by atoms with Gasteiger partial charge in [0, 0.05) is 0 Å². The highest BCUT2D eigenvalue weighted by molar-refractivity contribution is 8.00. The van der Waals surface area contributed by atoms with E-state index in [2.05, 4.69) is 15.5 Å². The molecule has 1 aromatic heterocycles. The molecular weight excluding hydrogens is 262 g/mol. The second kappa shape index (κ2) is 5.40. The number of aromatic nitrogens is 4. The number of nitrogens with two attached hydrogens (primary N) is 1. The van der Waals surface area contributed by atoms with Crippen molar-refractivity contribution in [2.75, 3.05) is 0 Å². The van der Waals surface area contributed by atoms with Gasteiger partial charge in [0.1, 0.15) is 0 Å². The molecule has 1 aromatic carbocycles. The number of tetrazole rings is 1. The van der Waals surface area contributed by atoms with Crippen molar-refractivity contribution in [3.63, 3.8) is 0 Å². The fourth-order valence-corrected chi connectivity index (χ4v) is 2.25. The minimum atomic E-state index is -0.389. The van der Waals surface area contributed by atoms with E-state index in [0.717, 1.165) is 11.3 Å². The van der Waals surface area contributed by atoms with Crippen LogP contribution < -0.4 is 5.73 Å². The largest absolute Gasteiger partial charge is 0.369 e. The number of hydrogen-bond donors (Lipinski definition) is 1. The summed E-state index contributed by atoms with van der Waals surface area (Å²) in [6, 6.07) is 5.96. The Morgan fingerprint density at radius 1 is 1.37 bits per heavy atom. The molecule has 0 spiro atoms. The van der Waals surface area contributed by atoms with E-state index < -0.39 is 0 Å². The molecule has 0 saturated heterocycles. The predicted molar refractivity (Wildman–Crippen MR) is 73.1 cm³/mol. The quantitative estimate of drug-likeness (QED) is 0.850. The molecule has 0 aliphatic heterocycles. The molecule has 6 nitrogen and oxygen atoms in total. The van der Waals surface area contributed by atoms with E-state index in [1.807, 2.05) is 32.0 Å². The standard InChI is InChI=1S/C12H15N5OS/c1-7-4-5-10(6-8(7)2)17-12(14-15-16-17)19-9(3)11(13)18/h4-6,9H,1-3H3,(H2,13,18)/t9-/m0/s1. The molecule has 0 radical (unpaired) electrons. The Bertz CT molecular complexity index is 610. The zero-order chi connectivity index (χ0) is 14.0. The van der Waals surface area contributed by atoms with Crippen molar-refractivity contribution in [2.45, 2.75) is 31.2 Å². The van der Waals surface area contributed by atoms with Gasteiger partial charge in [0.15, 0.2) is 0 Å². The number of benzene rings is 1. The maximum atomic E-state index is 11.1. The van der Waals surface area contributed by atoms with Gasteiger partial charge in [-0.15, -0.1) is 5.10 Å². The fraction of sp³-hybridized carbons (Fsp3) is 0.333. The van der Waals surface area contributed by atoms with Crippen LogP contribution in [0.1, 0.15) is 18.1 Å². The molecule has 0 aliphatic rings. The van der Waals surface area contributed by atoms with Crippen molar-refractivity contribution >= 4 is 17.7 Å². The Morgan fingerprint density at radius 3 is 2.74 bits per heavy atom. The van der Waals surface area contributed by atoms with Gasteiger partial charge < -0.3 is 5.73 Å². The van der Waals surface area contributed by atoms with E-state index in [4.69, 9.17) is 5.73 Å². The fourth-order valence-electron chi connectivity index (χ4n) is 1.49. The zero-order valence-electron chi connectivity index (χ0n) is 11.0. The molecule has 1 heterocycles. The van der Waals surface area contributed by atoms with Crippen molar-refractivity contribution in [2.24, 2.45) is 5.73 Å². The summed E-state index contributed by atoms with van der Waals surface area (Å²) in [4.78, 5) is 11.1. The summed E-state index contributed by atoms with van der Waals surface area (Å²) < 4.78 is 1.61. The van der Waals surface area contributed by atoms with Crippen molar-refractivity contribution in [1.29, 1.82) is 0 Å². The molecule has 0 unspecified atom stereocenters. The first-order valence-corrected chi connectivity index (χ1v) is 6.69. The highest BCUT2D eigenvalue weighted by atomic mass is 32.2. The first-order valence-electron chi connectivity index (χ1n) is 5.81. The van der Waals surface area contributed by atoms with Crippen LogP contribution in [-0.4, -0.2) is 31.4 Å². The third kappa shape index (κ3) is 2.93. The van der Waals surface area contributed by atoms with Crippen molar-refractivity contribution in [3.05, 3.63) is 29.3 Å². The molecule has 2 N–H and O–H groups in total. The number of aryl methyl sites for hydroxylation is 2. The van der Waals surface area contributed by atoms with Crippen LogP contribution in [0.5, 0.6) is 0 Å². The average molecular weight is 277 g/mol. The second-order valence-corrected chi connectivity index (χ2v) is 5.61. The summed E-state index contributed by atoms with van der Waals surface area (Å²) in [5, 5.41) is 11.7. The number of carbonyl (C=O) groups is 1. The maximum absolute atomic E-state index is 11.1. The Hall–Kier alpha value is -1.89. The lowest BCUT2D eigenvalue weighted by atomic mass is 10.1. The summed E-state index contributed by atoms with van der Waals surface area (Å²) in [6.07, 6.45) is 0. The number of carbonyl (C=O) groups excluding carboxylic acids is 1. The van der Waals surface area contributed by atoms with Crippen LogP contribution in [0.25, 0.3) is 5.69 Å². The molecule has 100 valence electrons. The van der Waals surface area contributed by atoms with E-state index in [0.29, 0.717) is 5.16 Å². The highest BCUT2D eigenvalue weighted by Crippen LogP contribution is 2.23. The molecule has 19 heavy (non-hydrogen) atoms. The lowest BCUT2D eigenvalue weighted by molar-refractivity contribution is -0.117. The predicted octanol–water partition coefficient (Wildman–Crippen LogP) is 1.25. The van der Waals surface area contributed by atoms with Gasteiger partial charge in [-0.2, -0.15) is 4.68 Å². The van der Waals surface area contributed by atoms with Gasteiger partial charge in [0.05, 0.1) is 10.9 Å². The summed E-state index contributed by atoms with van der Waals surface area (Å²) in [5.41, 5.74) is 8.48. The van der Waals surface area contributed by atoms with Crippen LogP contribution >= 0.6 is 11.8 Å². The first-order chi connectivity index (χ1) is 8.99. The molecule has 0 bridgehead atoms. The smallest absolute Gasteiger partial charge is 0.230 e. The van der Waals surface area contributed by atoms with E-state index in [9.17, 15) is 4.79 Å². The lowest BCUT2D eigenvalue weighted by Gasteiger charge is -2.08. The third-order valence-electron chi connectivity index (χ3n) is 2.86. The van der Waals surface area contributed by atoms with Gasteiger partial charge in [-0.05, 0) is 54.5 Å². The van der Waals surface area contributed by atoms with Gasteiger partial charge >= 0.3 is 0 Å². The van der Waals surface area contributed by atoms with Gasteiger partial charge in [-0.3, -0.25) is 4.79 Å². The van der Waals surface area contributed by atoms with Crippen molar-refractivity contribution in [1.82, 2.24) is 20.2 Å². The number of nitrogens with zero attached hydrogens (tertiary/aromatic N) is 4. The number of hydrogen-bond acceptors (Lipinski definition) is 5. The molecule has 0 aliphatic carbocycles. The minimum Gasteiger partial charge on any atom is -0.369 e. The van der Waals surface area contributed by atoms with Gasteiger partial charge in [0.25, 0.3) is 0 Å². The van der Waals surface area contributed by atoms with Crippen LogP contribution in [0.2, 0.25) is 0 Å². The summed E-state index contributed by atoms with van der Waals surface area (Å²) in [6.45, 7) is 5.80. The molecule has 2 rings (SSSR count). The van der Waals surface area contributed by atoms with E-state index >= 15 is 0 Å². The molecule has 7 heteroatoms. The highest BCUT2D eigenvalue weighted by Gasteiger charge is 2.16. The molecule has 2 aromatic rings. The number of rotatable bonds is 4. The first kappa shape index (κ1) is 13.5. The monoisotopic (exact) mass is 277 g/mol. The molecule has 1 atom stereocenters. The number of primary amides is 1. The third-order valence-corrected chi connectivity index (χ3v) is 3.91. The molecular formula is C12H15N5OS. The number of amides is 1. The van der Waals surface area contributed by atoms with Crippen LogP contribution in [-0.2, 0) is 4.79 Å². The molecule has 0 saturated carbocycles. The number of thioether (sulfide) groups is 1. The minimum absolute atomic E-state index is 0.378. The Balaban J connectivity index is 2.33. The van der Waals surface area contributed by atoms with E-state index in [1.165, 1.54) is 17.3 Å². The Labute approximate surface area is 115 Å². The average Bonchev–Trinajstić information content (AvgIpc) is 2.80. The zero-order valence-corrected chi connectivity index (χ0v) is 11.8. The van der Waals surface area contributed by atoms with Gasteiger partial charge in [-0.25, -0.2) is 0 Å². The van der Waals surface area contributed by atoms with Crippen LogP contribution in [0.4, 0.5) is 0 Å². The van der Waals surface area contributed by atoms with Gasteiger partial charge in [0.2, 0.25) is 11.1 Å². The normalized spacial score (nSPS) is 12.4. The topological polar surface area (TPSA) is 86.7 Å². The Morgan fingerprint density at radius 2 is 2.11 bits per heavy atom. The maximum Gasteiger partial charge on any atom is 0.230 e. The van der Waals surface area contributed by atoms with Crippen LogP contribution in [0.3, 0.4) is 0 Å².